The Morgan fingerprint density at radius 3 is 2.40 bits per heavy atom. The van der Waals surface area contributed by atoms with Crippen LogP contribution in [-0.4, -0.2) is 27.9 Å². The van der Waals surface area contributed by atoms with Gasteiger partial charge in [0.2, 0.25) is 0 Å². The fourth-order valence-corrected chi connectivity index (χ4v) is 4.28. The van der Waals surface area contributed by atoms with E-state index in [-0.39, 0.29) is 11.4 Å². The molecule has 0 saturated heterocycles. The third-order valence-electron chi connectivity index (χ3n) is 6.41. The van der Waals surface area contributed by atoms with Gasteiger partial charge in [-0.15, -0.1) is 0 Å². The average Bonchev–Trinajstić information content (AvgIpc) is 3.37. The topological polar surface area (TPSA) is 116 Å². The lowest BCUT2D eigenvalue weighted by Crippen LogP contribution is -2.21. The molecule has 3 aromatic carbocycles. The van der Waals surface area contributed by atoms with Gasteiger partial charge >= 0.3 is 6.03 Å². The van der Waals surface area contributed by atoms with Gasteiger partial charge in [-0.05, 0) is 54.1 Å². The highest BCUT2D eigenvalue weighted by atomic mass is 16.5. The second-order valence-corrected chi connectivity index (χ2v) is 10.4. The van der Waals surface area contributed by atoms with Crippen molar-refractivity contribution in [2.24, 2.45) is 0 Å². The molecule has 0 saturated carbocycles. The van der Waals surface area contributed by atoms with Gasteiger partial charge in [0.1, 0.15) is 29.7 Å². The number of carbonyl (C=O) groups excluding carboxylic acids is 1. The molecule has 204 valence electrons. The smallest absolute Gasteiger partial charge is 0.324 e. The summed E-state index contributed by atoms with van der Waals surface area (Å²) in [5.74, 6) is 2.43. The number of fused-ring (bicyclic) bond motifs is 1. The van der Waals surface area contributed by atoms with Gasteiger partial charge < -0.3 is 20.5 Å². The number of ether oxygens (including phenoxy) is 2. The van der Waals surface area contributed by atoms with Gasteiger partial charge in [-0.25, -0.2) is 14.5 Å². The first-order valence-electron chi connectivity index (χ1n) is 12.9. The molecule has 0 spiro atoms. The number of hydrogen-bond donors (Lipinski definition) is 3. The van der Waals surface area contributed by atoms with Crippen LogP contribution in [0.15, 0.2) is 85.1 Å². The lowest BCUT2D eigenvalue weighted by atomic mass is 9.92. The van der Waals surface area contributed by atoms with Crippen LogP contribution >= 0.6 is 0 Å². The third kappa shape index (κ3) is 5.83. The number of urea groups is 1. The molecule has 5 rings (SSSR count). The summed E-state index contributed by atoms with van der Waals surface area (Å²) in [6, 6.07) is 24.1. The molecule has 0 aliphatic carbocycles. The van der Waals surface area contributed by atoms with E-state index in [9.17, 15) is 4.79 Å². The molecule has 4 N–H and O–H groups in total. The Labute approximate surface area is 232 Å². The Bertz CT molecular complexity index is 1650. The standard InChI is InChI=1S/C31H32N6O3/c1-31(2,3)27-18-29(37(36-27)21-9-11-22(39-4)12-10-21)35-30(38)34-25-13-14-26(24-8-6-5-7-23(24)25)40-19-20-15-16-33-28(32)17-20/h5-18H,19H2,1-4H3,(H2,32,33)(H2,34,35,38). The van der Waals surface area contributed by atoms with Crippen LogP contribution in [0.25, 0.3) is 16.5 Å². The number of nitrogen functional groups attached to an aromatic ring is 1. The molecule has 0 aliphatic rings. The minimum Gasteiger partial charge on any atom is -0.497 e. The molecule has 0 fully saturated rings. The van der Waals surface area contributed by atoms with Gasteiger partial charge in [0.15, 0.2) is 0 Å². The number of hydrogen-bond acceptors (Lipinski definition) is 6. The Morgan fingerprint density at radius 2 is 1.70 bits per heavy atom. The summed E-state index contributed by atoms with van der Waals surface area (Å²) in [6.45, 7) is 6.58. The van der Waals surface area contributed by atoms with Crippen molar-refractivity contribution in [2.45, 2.75) is 32.8 Å². The second-order valence-electron chi connectivity index (χ2n) is 10.4. The predicted molar refractivity (Wildman–Crippen MR) is 158 cm³/mol. The zero-order valence-corrected chi connectivity index (χ0v) is 22.9. The maximum absolute atomic E-state index is 13.3. The number of pyridine rings is 1. The lowest BCUT2D eigenvalue weighted by Gasteiger charge is -2.14. The first-order chi connectivity index (χ1) is 19.2. The van der Waals surface area contributed by atoms with E-state index in [1.54, 1.807) is 24.1 Å². The number of anilines is 3. The predicted octanol–water partition coefficient (Wildman–Crippen LogP) is 6.53. The number of nitrogens with zero attached hydrogens (tertiary/aromatic N) is 3. The first kappa shape index (κ1) is 26.6. The molecule has 9 nitrogen and oxygen atoms in total. The average molecular weight is 537 g/mol. The molecule has 0 radical (unpaired) electrons. The van der Waals surface area contributed by atoms with E-state index in [2.05, 4.69) is 36.4 Å². The van der Waals surface area contributed by atoms with Gasteiger partial charge in [-0.2, -0.15) is 5.10 Å². The molecule has 40 heavy (non-hydrogen) atoms. The number of nitrogens with two attached hydrogens (primary N) is 1. The van der Waals surface area contributed by atoms with Crippen LogP contribution < -0.4 is 25.8 Å². The van der Waals surface area contributed by atoms with E-state index in [4.69, 9.17) is 20.3 Å². The van der Waals surface area contributed by atoms with Crippen molar-refractivity contribution in [3.63, 3.8) is 0 Å². The number of rotatable bonds is 7. The second kappa shape index (κ2) is 11.0. The van der Waals surface area contributed by atoms with Gasteiger partial charge in [-0.3, -0.25) is 5.32 Å². The van der Waals surface area contributed by atoms with E-state index in [0.717, 1.165) is 33.5 Å². The summed E-state index contributed by atoms with van der Waals surface area (Å²) in [4.78, 5) is 17.3. The van der Waals surface area contributed by atoms with E-state index < -0.39 is 0 Å². The molecule has 0 atom stereocenters. The first-order valence-corrected chi connectivity index (χ1v) is 12.9. The lowest BCUT2D eigenvalue weighted by molar-refractivity contribution is 0.262. The van der Waals surface area contributed by atoms with E-state index in [1.165, 1.54) is 0 Å². The van der Waals surface area contributed by atoms with Crippen molar-refractivity contribution < 1.29 is 14.3 Å². The fourth-order valence-electron chi connectivity index (χ4n) is 4.28. The normalized spacial score (nSPS) is 11.3. The SMILES string of the molecule is COc1ccc(-n2nc(C(C)(C)C)cc2NC(=O)Nc2ccc(OCc3ccnc(N)c3)c3ccccc23)cc1. The van der Waals surface area contributed by atoms with Crippen molar-refractivity contribution in [1.82, 2.24) is 14.8 Å². The van der Waals surface area contributed by atoms with Crippen molar-refractivity contribution in [1.29, 1.82) is 0 Å². The summed E-state index contributed by atoms with van der Waals surface area (Å²) in [5, 5.41) is 12.5. The summed E-state index contributed by atoms with van der Waals surface area (Å²) in [6.07, 6.45) is 1.66. The number of amides is 2. The van der Waals surface area contributed by atoms with Gasteiger partial charge in [-0.1, -0.05) is 45.0 Å². The zero-order chi connectivity index (χ0) is 28.3. The highest BCUT2D eigenvalue weighted by molar-refractivity contribution is 6.07. The molecule has 0 unspecified atom stereocenters. The highest BCUT2D eigenvalue weighted by Gasteiger charge is 2.22. The minimum atomic E-state index is -0.388. The minimum absolute atomic E-state index is 0.210. The van der Waals surface area contributed by atoms with Gasteiger partial charge in [0, 0.05) is 28.5 Å². The van der Waals surface area contributed by atoms with Crippen molar-refractivity contribution in [3.8, 4) is 17.2 Å². The summed E-state index contributed by atoms with van der Waals surface area (Å²) < 4.78 is 13.1. The molecule has 2 amide bonds. The van der Waals surface area contributed by atoms with Crippen LogP contribution in [0.3, 0.4) is 0 Å². The molecule has 2 heterocycles. The fraction of sp³-hybridized carbons (Fsp3) is 0.194. The highest BCUT2D eigenvalue weighted by Crippen LogP contribution is 2.33. The van der Waals surface area contributed by atoms with E-state index in [0.29, 0.717) is 29.7 Å². The maximum atomic E-state index is 13.3. The van der Waals surface area contributed by atoms with Crippen molar-refractivity contribution in [3.05, 3.63) is 96.3 Å². The summed E-state index contributed by atoms with van der Waals surface area (Å²) in [5.41, 5.74) is 8.80. The van der Waals surface area contributed by atoms with Crippen LogP contribution in [0.4, 0.5) is 22.1 Å². The van der Waals surface area contributed by atoms with Crippen molar-refractivity contribution in [2.75, 3.05) is 23.5 Å². The quantitative estimate of drug-likeness (QED) is 0.218. The molecule has 9 heteroatoms. The Morgan fingerprint density at radius 1 is 0.950 bits per heavy atom. The van der Waals surface area contributed by atoms with Crippen LogP contribution in [-0.2, 0) is 12.0 Å². The molecule has 2 aromatic heterocycles. The van der Waals surface area contributed by atoms with Gasteiger partial charge in [0.25, 0.3) is 0 Å². The molecular formula is C31H32N6O3. The maximum Gasteiger partial charge on any atom is 0.324 e. The molecular weight excluding hydrogens is 504 g/mol. The molecule has 0 bridgehead atoms. The largest absolute Gasteiger partial charge is 0.497 e. The van der Waals surface area contributed by atoms with Crippen LogP contribution in [0, 0.1) is 0 Å². The Hall–Kier alpha value is -5.05. The van der Waals surface area contributed by atoms with Crippen LogP contribution in [0.5, 0.6) is 11.5 Å². The zero-order valence-electron chi connectivity index (χ0n) is 22.9. The number of aromatic nitrogens is 3. The molecule has 5 aromatic rings. The number of nitrogens with one attached hydrogen (secondary N) is 2. The Balaban J connectivity index is 1.39. The summed E-state index contributed by atoms with van der Waals surface area (Å²) >= 11 is 0. The number of methoxy groups -OCH3 is 1. The van der Waals surface area contributed by atoms with Crippen molar-refractivity contribution >= 4 is 34.1 Å². The van der Waals surface area contributed by atoms with Gasteiger partial charge in [0.05, 0.1) is 24.2 Å². The van der Waals surface area contributed by atoms with Crippen LogP contribution in [0.1, 0.15) is 32.0 Å². The molecule has 0 aliphatic heterocycles. The monoisotopic (exact) mass is 536 g/mol. The Kier molecular flexibility index (Phi) is 7.29. The summed E-state index contributed by atoms with van der Waals surface area (Å²) in [7, 11) is 1.62. The van der Waals surface area contributed by atoms with Crippen LogP contribution in [0.2, 0.25) is 0 Å². The van der Waals surface area contributed by atoms with E-state index in [1.807, 2.05) is 72.8 Å². The number of benzene rings is 3. The van der Waals surface area contributed by atoms with E-state index >= 15 is 0 Å². The number of carbonyl (C=O) groups is 1. The third-order valence-corrected chi connectivity index (χ3v) is 6.41.